The van der Waals surface area contributed by atoms with Crippen LogP contribution in [0.3, 0.4) is 0 Å². The van der Waals surface area contributed by atoms with Gasteiger partial charge in [0.2, 0.25) is 22.1 Å². The van der Waals surface area contributed by atoms with E-state index in [0.29, 0.717) is 36.2 Å². The number of carbonyl (C=O) groups excluding carboxylic acids is 2. The number of hydrogen-bond donors (Lipinski definition) is 1. The number of benzene rings is 1. The van der Waals surface area contributed by atoms with E-state index >= 15 is 0 Å². The third-order valence-corrected chi connectivity index (χ3v) is 6.68. The van der Waals surface area contributed by atoms with Gasteiger partial charge in [-0.15, -0.1) is 10.2 Å². The van der Waals surface area contributed by atoms with E-state index in [1.165, 1.54) is 11.3 Å². The number of aromatic nitrogens is 2. The molecule has 9 nitrogen and oxygen atoms in total. The first-order valence-electron chi connectivity index (χ1n) is 10.5. The number of hydrogen-bond acceptors (Lipinski definition) is 8. The number of rotatable bonds is 8. The van der Waals surface area contributed by atoms with Crippen molar-refractivity contribution < 1.29 is 19.1 Å². The molecular formula is C21H27N5O4S. The fraction of sp³-hybridized carbons (Fsp3) is 0.524. The molecule has 2 amide bonds. The van der Waals surface area contributed by atoms with Crippen molar-refractivity contribution in [2.24, 2.45) is 0 Å². The Morgan fingerprint density at radius 1 is 1.19 bits per heavy atom. The van der Waals surface area contributed by atoms with Crippen LogP contribution in [0.4, 0.5) is 10.3 Å². The molecule has 2 aliphatic rings. The van der Waals surface area contributed by atoms with E-state index in [1.807, 2.05) is 23.1 Å². The number of ether oxygens (including phenoxy) is 2. The van der Waals surface area contributed by atoms with E-state index in [-0.39, 0.29) is 17.9 Å². The second kappa shape index (κ2) is 9.51. The van der Waals surface area contributed by atoms with Crippen molar-refractivity contribution in [1.82, 2.24) is 15.5 Å². The first-order chi connectivity index (χ1) is 15.1. The highest BCUT2D eigenvalue weighted by atomic mass is 32.1. The predicted molar refractivity (Wildman–Crippen MR) is 118 cm³/mol. The molecule has 1 aromatic heterocycles. The lowest BCUT2D eigenvalue weighted by Gasteiger charge is -2.22. The lowest BCUT2D eigenvalue weighted by molar-refractivity contribution is -0.122. The summed E-state index contributed by atoms with van der Waals surface area (Å²) in [6.45, 7) is 1.95. The standard InChI is InChI=1S/C21H27N5O4S/c1-29-15-8-7-14(17(13-15)30-2)9-10-22-19(28)16-5-3-11-25(16)20-23-24-21(31-20)26-12-4-6-18(26)27/h7-8,13,16H,3-6,9-12H2,1-2H3,(H,22,28)/t16-/m0/s1. The highest BCUT2D eigenvalue weighted by molar-refractivity contribution is 7.19. The summed E-state index contributed by atoms with van der Waals surface area (Å²) in [4.78, 5) is 28.5. The van der Waals surface area contributed by atoms with Crippen molar-refractivity contribution in [1.29, 1.82) is 0 Å². The summed E-state index contributed by atoms with van der Waals surface area (Å²) < 4.78 is 10.7. The second-order valence-corrected chi connectivity index (χ2v) is 8.52. The Bertz CT molecular complexity index is 950. The van der Waals surface area contributed by atoms with Gasteiger partial charge in [-0.25, -0.2) is 0 Å². The average Bonchev–Trinajstić information content (AvgIpc) is 3.53. The van der Waals surface area contributed by atoms with Gasteiger partial charge in [0.05, 0.1) is 14.2 Å². The Morgan fingerprint density at radius 3 is 2.77 bits per heavy atom. The number of carbonyl (C=O) groups is 2. The summed E-state index contributed by atoms with van der Waals surface area (Å²) in [7, 11) is 3.24. The van der Waals surface area contributed by atoms with Gasteiger partial charge in [0.15, 0.2) is 0 Å². The number of nitrogens with one attached hydrogen (secondary N) is 1. The van der Waals surface area contributed by atoms with Crippen LogP contribution in [-0.2, 0) is 16.0 Å². The molecule has 3 heterocycles. The molecule has 2 aromatic rings. The Labute approximate surface area is 185 Å². The number of methoxy groups -OCH3 is 2. The highest BCUT2D eigenvalue weighted by Crippen LogP contribution is 2.33. The molecule has 31 heavy (non-hydrogen) atoms. The molecule has 1 atom stereocenters. The fourth-order valence-electron chi connectivity index (χ4n) is 4.05. The van der Waals surface area contributed by atoms with E-state index in [0.717, 1.165) is 42.9 Å². The molecule has 2 saturated heterocycles. The minimum Gasteiger partial charge on any atom is -0.497 e. The normalized spacial score (nSPS) is 18.5. The van der Waals surface area contributed by atoms with Gasteiger partial charge in [-0.1, -0.05) is 17.4 Å². The Balaban J connectivity index is 1.35. The third-order valence-electron chi connectivity index (χ3n) is 5.70. The van der Waals surface area contributed by atoms with Crippen molar-refractivity contribution >= 4 is 33.4 Å². The smallest absolute Gasteiger partial charge is 0.242 e. The van der Waals surface area contributed by atoms with Gasteiger partial charge in [0, 0.05) is 32.1 Å². The first-order valence-corrected chi connectivity index (χ1v) is 11.3. The van der Waals surface area contributed by atoms with Gasteiger partial charge < -0.3 is 19.7 Å². The lowest BCUT2D eigenvalue weighted by atomic mass is 10.1. The highest BCUT2D eigenvalue weighted by Gasteiger charge is 2.34. The van der Waals surface area contributed by atoms with Crippen molar-refractivity contribution in [3.8, 4) is 11.5 Å². The number of nitrogens with zero attached hydrogens (tertiary/aromatic N) is 4. The average molecular weight is 446 g/mol. The molecule has 2 aliphatic heterocycles. The molecule has 1 N–H and O–H groups in total. The summed E-state index contributed by atoms with van der Waals surface area (Å²) in [5.74, 6) is 1.55. The SMILES string of the molecule is COc1ccc(CCNC(=O)[C@@H]2CCCN2c2nnc(N3CCCC3=O)s2)c(OC)c1. The van der Waals surface area contributed by atoms with E-state index in [9.17, 15) is 9.59 Å². The van der Waals surface area contributed by atoms with Crippen LogP contribution in [0.15, 0.2) is 18.2 Å². The van der Waals surface area contributed by atoms with Gasteiger partial charge in [0.1, 0.15) is 17.5 Å². The maximum atomic E-state index is 12.9. The van der Waals surface area contributed by atoms with Crippen molar-refractivity contribution in [3.05, 3.63) is 23.8 Å². The largest absolute Gasteiger partial charge is 0.497 e. The van der Waals surface area contributed by atoms with Crippen LogP contribution in [0, 0.1) is 0 Å². The predicted octanol–water partition coefficient (Wildman–Crippen LogP) is 2.01. The van der Waals surface area contributed by atoms with Gasteiger partial charge in [-0.2, -0.15) is 0 Å². The van der Waals surface area contributed by atoms with Gasteiger partial charge in [0.25, 0.3) is 0 Å². The molecule has 0 bridgehead atoms. The Hall–Kier alpha value is -2.88. The van der Waals surface area contributed by atoms with Crippen molar-refractivity contribution in [2.45, 2.75) is 38.1 Å². The van der Waals surface area contributed by atoms with Crippen molar-refractivity contribution in [2.75, 3.05) is 43.7 Å². The zero-order valence-electron chi connectivity index (χ0n) is 17.8. The van der Waals surface area contributed by atoms with Crippen LogP contribution in [0.5, 0.6) is 11.5 Å². The molecule has 0 unspecified atom stereocenters. The maximum absolute atomic E-state index is 12.9. The zero-order chi connectivity index (χ0) is 21.8. The van der Waals surface area contributed by atoms with Crippen LogP contribution in [0.2, 0.25) is 0 Å². The summed E-state index contributed by atoms with van der Waals surface area (Å²) in [5.41, 5.74) is 1.01. The fourth-order valence-corrected chi connectivity index (χ4v) is 5.01. The molecular weight excluding hydrogens is 418 g/mol. The lowest BCUT2D eigenvalue weighted by Crippen LogP contribution is -2.44. The molecule has 0 spiro atoms. The maximum Gasteiger partial charge on any atom is 0.242 e. The second-order valence-electron chi connectivity index (χ2n) is 7.59. The van der Waals surface area contributed by atoms with Gasteiger partial charge in [-0.05, 0) is 37.3 Å². The quantitative estimate of drug-likeness (QED) is 0.664. The molecule has 2 fully saturated rings. The molecule has 166 valence electrons. The molecule has 0 saturated carbocycles. The molecule has 10 heteroatoms. The third kappa shape index (κ3) is 4.58. The van der Waals surface area contributed by atoms with Crippen LogP contribution < -0.4 is 24.6 Å². The zero-order valence-corrected chi connectivity index (χ0v) is 18.6. The topological polar surface area (TPSA) is 96.9 Å². The number of anilines is 2. The van der Waals surface area contributed by atoms with Gasteiger partial charge in [-0.3, -0.25) is 14.5 Å². The van der Waals surface area contributed by atoms with Crippen LogP contribution >= 0.6 is 11.3 Å². The minimum atomic E-state index is -0.271. The first kappa shape index (κ1) is 21.4. The van der Waals surface area contributed by atoms with E-state index in [2.05, 4.69) is 15.5 Å². The molecule has 0 aliphatic carbocycles. The monoisotopic (exact) mass is 445 g/mol. The minimum absolute atomic E-state index is 0.0148. The van der Waals surface area contributed by atoms with Crippen LogP contribution in [0.1, 0.15) is 31.2 Å². The Morgan fingerprint density at radius 2 is 2.03 bits per heavy atom. The van der Waals surface area contributed by atoms with Gasteiger partial charge >= 0.3 is 0 Å². The summed E-state index contributed by atoms with van der Waals surface area (Å²) >= 11 is 1.38. The summed E-state index contributed by atoms with van der Waals surface area (Å²) in [6.07, 6.45) is 3.76. The van der Waals surface area contributed by atoms with Crippen LogP contribution in [0.25, 0.3) is 0 Å². The molecule has 0 radical (unpaired) electrons. The summed E-state index contributed by atoms with van der Waals surface area (Å²) in [5, 5.41) is 12.8. The molecule has 1 aromatic carbocycles. The molecule has 4 rings (SSSR count). The van der Waals surface area contributed by atoms with E-state index in [1.54, 1.807) is 19.1 Å². The number of amides is 2. The van der Waals surface area contributed by atoms with Crippen molar-refractivity contribution in [3.63, 3.8) is 0 Å². The summed E-state index contributed by atoms with van der Waals surface area (Å²) in [6, 6.07) is 5.41. The van der Waals surface area contributed by atoms with Crippen LogP contribution in [-0.4, -0.2) is 61.9 Å². The van der Waals surface area contributed by atoms with E-state index < -0.39 is 0 Å². The van der Waals surface area contributed by atoms with E-state index in [4.69, 9.17) is 9.47 Å². The Kier molecular flexibility index (Phi) is 6.55.